The standard InChI is InChI=1S/C19H14F3N3O6/c1-10-12-4-2-3-5-15(12)31-16(10)18(27)24-23-17(26)13-8-11(30-9-19(20,21)22)6-7-14(13)25(28)29/h2-8H,9H2,1H3,(H,23,26)(H,24,27). The molecule has 0 saturated heterocycles. The quantitative estimate of drug-likeness (QED) is 0.464. The molecule has 2 N–H and O–H groups in total. The second-order valence-electron chi connectivity index (χ2n) is 6.30. The predicted molar refractivity (Wildman–Crippen MR) is 101 cm³/mol. The third kappa shape index (κ3) is 4.91. The van der Waals surface area contributed by atoms with E-state index in [9.17, 15) is 32.9 Å². The molecule has 31 heavy (non-hydrogen) atoms. The maximum atomic E-state index is 12.4. The molecular weight excluding hydrogens is 423 g/mol. The summed E-state index contributed by atoms with van der Waals surface area (Å²) < 4.78 is 46.9. The molecule has 0 spiro atoms. The molecule has 0 radical (unpaired) electrons. The third-order valence-corrected chi connectivity index (χ3v) is 4.15. The van der Waals surface area contributed by atoms with Gasteiger partial charge < -0.3 is 9.15 Å². The largest absolute Gasteiger partial charge is 0.484 e. The number of fused-ring (bicyclic) bond motifs is 1. The van der Waals surface area contributed by atoms with Crippen LogP contribution in [-0.4, -0.2) is 29.5 Å². The summed E-state index contributed by atoms with van der Waals surface area (Å²) in [5.74, 6) is -2.45. The first-order valence-corrected chi connectivity index (χ1v) is 8.63. The van der Waals surface area contributed by atoms with E-state index in [0.29, 0.717) is 16.5 Å². The summed E-state index contributed by atoms with van der Waals surface area (Å²) in [6.07, 6.45) is -4.64. The lowest BCUT2D eigenvalue weighted by molar-refractivity contribution is -0.385. The number of nitrogens with one attached hydrogen (secondary N) is 2. The van der Waals surface area contributed by atoms with Crippen LogP contribution < -0.4 is 15.6 Å². The number of nitro benzene ring substituents is 1. The third-order valence-electron chi connectivity index (χ3n) is 4.15. The minimum atomic E-state index is -4.64. The number of amides is 2. The van der Waals surface area contributed by atoms with Gasteiger partial charge in [-0.1, -0.05) is 18.2 Å². The van der Waals surface area contributed by atoms with Gasteiger partial charge in [0, 0.05) is 17.0 Å². The van der Waals surface area contributed by atoms with Crippen molar-refractivity contribution < 1.29 is 36.8 Å². The zero-order valence-electron chi connectivity index (χ0n) is 15.8. The van der Waals surface area contributed by atoms with Gasteiger partial charge in [0.1, 0.15) is 16.9 Å². The number of carbonyl (C=O) groups excluding carboxylic acids is 2. The van der Waals surface area contributed by atoms with Crippen LogP contribution in [0.5, 0.6) is 5.75 Å². The van der Waals surface area contributed by atoms with Crippen molar-refractivity contribution in [2.75, 3.05) is 6.61 Å². The Morgan fingerprint density at radius 1 is 1.13 bits per heavy atom. The van der Waals surface area contributed by atoms with E-state index in [1.807, 2.05) is 5.43 Å². The van der Waals surface area contributed by atoms with Crippen molar-refractivity contribution in [3.8, 4) is 5.75 Å². The predicted octanol–water partition coefficient (Wildman–Crippen LogP) is 3.67. The molecule has 1 aromatic heterocycles. The van der Waals surface area contributed by atoms with Gasteiger partial charge in [-0.2, -0.15) is 13.2 Å². The van der Waals surface area contributed by atoms with Gasteiger partial charge in [0.25, 0.3) is 11.6 Å². The molecule has 0 aliphatic carbocycles. The van der Waals surface area contributed by atoms with Gasteiger partial charge >= 0.3 is 12.1 Å². The zero-order valence-corrected chi connectivity index (χ0v) is 15.8. The van der Waals surface area contributed by atoms with Gasteiger partial charge in [0.05, 0.1) is 4.92 Å². The van der Waals surface area contributed by atoms with E-state index in [2.05, 4.69) is 10.2 Å². The number of alkyl halides is 3. The van der Waals surface area contributed by atoms with Gasteiger partial charge in [-0.3, -0.25) is 30.6 Å². The molecule has 2 aromatic carbocycles. The molecular formula is C19H14F3N3O6. The molecule has 9 nitrogen and oxygen atoms in total. The molecule has 3 rings (SSSR count). The summed E-state index contributed by atoms with van der Waals surface area (Å²) >= 11 is 0. The number of nitro groups is 1. The topological polar surface area (TPSA) is 124 Å². The summed E-state index contributed by atoms with van der Waals surface area (Å²) in [6.45, 7) is -0.0111. The van der Waals surface area contributed by atoms with Gasteiger partial charge in [-0.15, -0.1) is 0 Å². The number of ether oxygens (including phenoxy) is 1. The summed E-state index contributed by atoms with van der Waals surface area (Å²) in [4.78, 5) is 35.0. The van der Waals surface area contributed by atoms with Gasteiger partial charge in [0.15, 0.2) is 12.4 Å². The van der Waals surface area contributed by atoms with Crippen LogP contribution in [0.4, 0.5) is 18.9 Å². The first-order chi connectivity index (χ1) is 14.6. The number of hydrazine groups is 1. The number of hydrogen-bond donors (Lipinski definition) is 2. The number of carbonyl (C=O) groups is 2. The Morgan fingerprint density at radius 2 is 1.81 bits per heavy atom. The number of aryl methyl sites for hydroxylation is 1. The van der Waals surface area contributed by atoms with Crippen molar-refractivity contribution in [2.45, 2.75) is 13.1 Å². The first-order valence-electron chi connectivity index (χ1n) is 8.63. The fourth-order valence-electron chi connectivity index (χ4n) is 2.74. The Balaban J connectivity index is 1.77. The Hall–Kier alpha value is -4.09. The fraction of sp³-hybridized carbons (Fsp3) is 0.158. The van der Waals surface area contributed by atoms with E-state index in [1.165, 1.54) is 0 Å². The summed E-state index contributed by atoms with van der Waals surface area (Å²) in [5.41, 5.74) is 3.71. The highest BCUT2D eigenvalue weighted by Gasteiger charge is 2.29. The lowest BCUT2D eigenvalue weighted by atomic mass is 10.1. The van der Waals surface area contributed by atoms with Crippen molar-refractivity contribution in [1.82, 2.24) is 10.9 Å². The number of nitrogens with zero attached hydrogens (tertiary/aromatic N) is 1. The van der Waals surface area contributed by atoms with E-state index in [-0.39, 0.29) is 5.76 Å². The molecule has 0 atom stereocenters. The van der Waals surface area contributed by atoms with Gasteiger partial charge in [-0.05, 0) is 25.1 Å². The molecule has 162 valence electrons. The van der Waals surface area contributed by atoms with E-state index in [1.54, 1.807) is 31.2 Å². The van der Waals surface area contributed by atoms with E-state index in [4.69, 9.17) is 4.42 Å². The highest BCUT2D eigenvalue weighted by Crippen LogP contribution is 2.26. The highest BCUT2D eigenvalue weighted by atomic mass is 19.4. The molecule has 0 unspecified atom stereocenters. The molecule has 3 aromatic rings. The Bertz CT molecular complexity index is 1170. The Kier molecular flexibility index (Phi) is 5.81. The number of rotatable bonds is 5. The number of furan rings is 1. The van der Waals surface area contributed by atoms with Crippen molar-refractivity contribution in [3.05, 3.63) is 69.5 Å². The molecule has 0 saturated carbocycles. The van der Waals surface area contributed by atoms with Crippen LogP contribution in [0.15, 0.2) is 46.9 Å². The molecule has 0 fully saturated rings. The highest BCUT2D eigenvalue weighted by molar-refractivity contribution is 6.02. The number of hydrogen-bond acceptors (Lipinski definition) is 6. The molecule has 2 amide bonds. The SMILES string of the molecule is Cc1c(C(=O)NNC(=O)c2cc(OCC(F)(F)F)ccc2[N+](=O)[O-])oc2ccccc12. The van der Waals surface area contributed by atoms with Crippen molar-refractivity contribution in [2.24, 2.45) is 0 Å². The second-order valence-corrected chi connectivity index (χ2v) is 6.30. The minimum absolute atomic E-state index is 0.0849. The number of benzene rings is 2. The fourth-order valence-corrected chi connectivity index (χ4v) is 2.74. The van der Waals surface area contributed by atoms with Crippen LogP contribution in [0.2, 0.25) is 0 Å². The van der Waals surface area contributed by atoms with Crippen LogP contribution in [0.3, 0.4) is 0 Å². The Labute approximate surface area is 171 Å². The van der Waals surface area contributed by atoms with Gasteiger partial charge in [-0.25, -0.2) is 0 Å². The Morgan fingerprint density at radius 3 is 2.45 bits per heavy atom. The summed E-state index contributed by atoms with van der Waals surface area (Å²) in [5, 5.41) is 11.8. The zero-order chi connectivity index (χ0) is 22.8. The van der Waals surface area contributed by atoms with Crippen molar-refractivity contribution in [3.63, 3.8) is 0 Å². The summed E-state index contributed by atoms with van der Waals surface area (Å²) in [7, 11) is 0. The lowest BCUT2D eigenvalue weighted by Crippen LogP contribution is -2.41. The molecule has 0 bridgehead atoms. The summed E-state index contributed by atoms with van der Waals surface area (Å²) in [6, 6.07) is 9.37. The molecule has 0 aliphatic rings. The monoisotopic (exact) mass is 437 g/mol. The van der Waals surface area contributed by atoms with E-state index < -0.39 is 46.5 Å². The van der Waals surface area contributed by atoms with Crippen LogP contribution in [0.25, 0.3) is 11.0 Å². The first kappa shape index (κ1) is 21.6. The molecule has 1 heterocycles. The van der Waals surface area contributed by atoms with Crippen LogP contribution in [0, 0.1) is 17.0 Å². The minimum Gasteiger partial charge on any atom is -0.484 e. The van der Waals surface area contributed by atoms with Crippen molar-refractivity contribution in [1.29, 1.82) is 0 Å². The number of halogens is 3. The maximum Gasteiger partial charge on any atom is 0.422 e. The second kappa shape index (κ2) is 8.34. The van der Waals surface area contributed by atoms with Gasteiger partial charge in [0.2, 0.25) is 0 Å². The molecule has 12 heteroatoms. The average Bonchev–Trinajstić information content (AvgIpc) is 3.06. The smallest absolute Gasteiger partial charge is 0.422 e. The lowest BCUT2D eigenvalue weighted by Gasteiger charge is -2.11. The maximum absolute atomic E-state index is 12.4. The number of para-hydroxylation sites is 1. The van der Waals surface area contributed by atoms with Crippen LogP contribution in [0.1, 0.15) is 26.5 Å². The van der Waals surface area contributed by atoms with E-state index >= 15 is 0 Å². The normalized spacial score (nSPS) is 11.2. The molecule has 0 aliphatic heterocycles. The van der Waals surface area contributed by atoms with Crippen molar-refractivity contribution >= 4 is 28.5 Å². The van der Waals surface area contributed by atoms with Crippen LogP contribution >= 0.6 is 0 Å². The average molecular weight is 437 g/mol. The van der Waals surface area contributed by atoms with E-state index in [0.717, 1.165) is 18.2 Å². The van der Waals surface area contributed by atoms with Crippen LogP contribution in [-0.2, 0) is 0 Å².